The van der Waals surface area contributed by atoms with Crippen LogP contribution in [0.1, 0.15) is 37.3 Å². The van der Waals surface area contributed by atoms with Gasteiger partial charge in [0.05, 0.1) is 31.8 Å². The van der Waals surface area contributed by atoms with Gasteiger partial charge in [-0.15, -0.1) is 0 Å². The van der Waals surface area contributed by atoms with Crippen LogP contribution in [0.2, 0.25) is 0 Å². The summed E-state index contributed by atoms with van der Waals surface area (Å²) < 4.78 is 12.9. The minimum atomic E-state index is -0.856. The molecule has 3 rings (SSSR count). The van der Waals surface area contributed by atoms with Gasteiger partial charge in [-0.3, -0.25) is 9.59 Å². The summed E-state index contributed by atoms with van der Waals surface area (Å²) >= 11 is 0. The predicted molar refractivity (Wildman–Crippen MR) is 98.7 cm³/mol. The second kappa shape index (κ2) is 8.96. The van der Waals surface area contributed by atoms with Gasteiger partial charge in [0, 0.05) is 30.3 Å². The van der Waals surface area contributed by atoms with E-state index in [0.29, 0.717) is 25.9 Å². The highest BCUT2D eigenvalue weighted by Gasteiger charge is 2.24. The molecular weight excluding hydrogens is 334 g/mol. The molecule has 0 saturated heterocycles. The first kappa shape index (κ1) is 18.6. The summed E-state index contributed by atoms with van der Waals surface area (Å²) in [6.07, 6.45) is 6.03. The monoisotopic (exact) mass is 359 g/mol. The molecular formula is C20H25NO5. The lowest BCUT2D eigenvalue weighted by atomic mass is 10.1. The van der Waals surface area contributed by atoms with Crippen molar-refractivity contribution in [3.05, 3.63) is 46.2 Å². The number of fused-ring (bicyclic) bond motifs is 1. The Hall–Kier alpha value is -2.18. The van der Waals surface area contributed by atoms with E-state index in [1.807, 2.05) is 12.3 Å². The highest BCUT2D eigenvalue weighted by molar-refractivity contribution is 5.79. The number of rotatable bonds is 11. The van der Waals surface area contributed by atoms with E-state index in [2.05, 4.69) is 16.7 Å². The number of carbonyl (C=O) groups is 1. The van der Waals surface area contributed by atoms with Crippen LogP contribution in [-0.4, -0.2) is 42.1 Å². The van der Waals surface area contributed by atoms with Crippen molar-refractivity contribution in [3.63, 3.8) is 0 Å². The highest BCUT2D eigenvalue weighted by Crippen LogP contribution is 2.36. The van der Waals surface area contributed by atoms with Crippen molar-refractivity contribution in [2.24, 2.45) is 0 Å². The first-order valence-corrected chi connectivity index (χ1v) is 9.16. The summed E-state index contributed by atoms with van der Waals surface area (Å²) in [4.78, 5) is 22.5. The number of aliphatic carboxylic acids is 1. The predicted octanol–water partition coefficient (Wildman–Crippen LogP) is 2.78. The molecule has 0 radical (unpaired) electrons. The number of hydrogen-bond donors (Lipinski definition) is 1. The Balaban J connectivity index is 1.43. The third kappa shape index (κ3) is 5.16. The minimum absolute atomic E-state index is 0.0183. The molecule has 1 fully saturated rings. The molecule has 140 valence electrons. The van der Waals surface area contributed by atoms with Crippen LogP contribution in [0.5, 0.6) is 0 Å². The molecule has 0 amide bonds. The van der Waals surface area contributed by atoms with E-state index in [1.165, 1.54) is 12.8 Å². The van der Waals surface area contributed by atoms with Crippen molar-refractivity contribution >= 4 is 16.9 Å². The van der Waals surface area contributed by atoms with Gasteiger partial charge in [-0.1, -0.05) is 6.07 Å². The third-order valence-corrected chi connectivity index (χ3v) is 4.52. The fraction of sp³-hybridized carbons (Fsp3) is 0.500. The van der Waals surface area contributed by atoms with Crippen molar-refractivity contribution in [1.82, 2.24) is 4.57 Å². The zero-order valence-electron chi connectivity index (χ0n) is 14.9. The van der Waals surface area contributed by atoms with Gasteiger partial charge in [0.25, 0.3) is 0 Å². The van der Waals surface area contributed by atoms with Gasteiger partial charge in [-0.2, -0.15) is 0 Å². The lowest BCUT2D eigenvalue weighted by Crippen LogP contribution is -2.09. The summed E-state index contributed by atoms with van der Waals surface area (Å²) in [7, 11) is 0. The first-order valence-electron chi connectivity index (χ1n) is 9.16. The van der Waals surface area contributed by atoms with Gasteiger partial charge in [-0.05, 0) is 43.4 Å². The Labute approximate surface area is 152 Å². The van der Waals surface area contributed by atoms with Crippen molar-refractivity contribution in [3.8, 4) is 0 Å². The molecule has 1 aromatic carbocycles. The number of ether oxygens (including phenoxy) is 2. The van der Waals surface area contributed by atoms with Crippen LogP contribution >= 0.6 is 0 Å². The molecule has 1 aliphatic rings. The second-order valence-electron chi connectivity index (χ2n) is 6.64. The van der Waals surface area contributed by atoms with E-state index in [4.69, 9.17) is 14.6 Å². The van der Waals surface area contributed by atoms with Gasteiger partial charge in [0.1, 0.15) is 0 Å². The second-order valence-corrected chi connectivity index (χ2v) is 6.64. The lowest BCUT2D eigenvalue weighted by Gasteiger charge is -2.11. The molecule has 1 heterocycles. The number of carboxylic acids is 1. The zero-order valence-corrected chi connectivity index (χ0v) is 14.9. The molecule has 0 atom stereocenters. The lowest BCUT2D eigenvalue weighted by molar-refractivity contribution is -0.138. The van der Waals surface area contributed by atoms with Gasteiger partial charge in [0.2, 0.25) is 0 Å². The van der Waals surface area contributed by atoms with Crippen LogP contribution in [0.25, 0.3) is 10.9 Å². The van der Waals surface area contributed by atoms with Crippen LogP contribution in [0.4, 0.5) is 0 Å². The summed E-state index contributed by atoms with van der Waals surface area (Å²) in [5.74, 6) is -0.856. The summed E-state index contributed by atoms with van der Waals surface area (Å²) in [5.41, 5.74) is 2.25. The van der Waals surface area contributed by atoms with E-state index in [1.54, 1.807) is 6.07 Å². The van der Waals surface area contributed by atoms with Crippen molar-refractivity contribution < 1.29 is 19.4 Å². The van der Waals surface area contributed by atoms with Crippen LogP contribution < -0.4 is 5.43 Å². The Morgan fingerprint density at radius 2 is 1.88 bits per heavy atom. The fourth-order valence-corrected chi connectivity index (χ4v) is 3.01. The Bertz CT molecular complexity index is 809. The molecule has 2 aromatic rings. The Kier molecular flexibility index (Phi) is 6.41. The minimum Gasteiger partial charge on any atom is -0.481 e. The van der Waals surface area contributed by atoms with Crippen molar-refractivity contribution in [2.75, 3.05) is 26.4 Å². The highest BCUT2D eigenvalue weighted by atomic mass is 16.5. The maximum Gasteiger partial charge on any atom is 0.305 e. The van der Waals surface area contributed by atoms with Crippen LogP contribution in [0.15, 0.2) is 35.3 Å². The van der Waals surface area contributed by atoms with Gasteiger partial charge in [-0.25, -0.2) is 0 Å². The topological polar surface area (TPSA) is 77.8 Å². The normalized spacial score (nSPS) is 14.0. The van der Waals surface area contributed by atoms with E-state index >= 15 is 0 Å². The molecule has 0 unspecified atom stereocenters. The molecule has 1 saturated carbocycles. The molecule has 0 spiro atoms. The van der Waals surface area contributed by atoms with E-state index in [9.17, 15) is 9.59 Å². The maximum absolute atomic E-state index is 12.2. The molecule has 26 heavy (non-hydrogen) atoms. The largest absolute Gasteiger partial charge is 0.481 e. The summed E-state index contributed by atoms with van der Waals surface area (Å²) in [6.45, 7) is 1.70. The molecule has 1 aliphatic carbocycles. The summed E-state index contributed by atoms with van der Waals surface area (Å²) in [6, 6.07) is 8.37. The number of aromatic nitrogens is 1. The summed E-state index contributed by atoms with van der Waals surface area (Å²) in [5, 5.41) is 9.29. The first-order chi connectivity index (χ1) is 12.6. The van der Waals surface area contributed by atoms with E-state index < -0.39 is 5.97 Å². The number of carboxylic acid groups (broad SMARTS) is 1. The smallest absolute Gasteiger partial charge is 0.305 e. The number of hydrogen-bond acceptors (Lipinski definition) is 4. The molecule has 6 nitrogen and oxygen atoms in total. The van der Waals surface area contributed by atoms with Gasteiger partial charge < -0.3 is 19.1 Å². The fourth-order valence-electron chi connectivity index (χ4n) is 3.01. The maximum atomic E-state index is 12.2. The number of benzene rings is 1. The SMILES string of the molecule is O=C(O)CCOCCOCCCc1ccc2c(c1)c(=O)ccn2C1CC1. The zero-order chi connectivity index (χ0) is 18.4. The molecule has 0 bridgehead atoms. The molecule has 1 N–H and O–H groups in total. The Morgan fingerprint density at radius 1 is 1.12 bits per heavy atom. The number of nitrogens with zero attached hydrogens (tertiary/aromatic N) is 1. The quantitative estimate of drug-likeness (QED) is 0.624. The van der Waals surface area contributed by atoms with Crippen LogP contribution in [-0.2, 0) is 20.7 Å². The van der Waals surface area contributed by atoms with E-state index in [-0.39, 0.29) is 18.5 Å². The molecule has 6 heteroatoms. The third-order valence-electron chi connectivity index (χ3n) is 4.52. The van der Waals surface area contributed by atoms with Gasteiger partial charge >= 0.3 is 5.97 Å². The number of aryl methyl sites for hydroxylation is 1. The van der Waals surface area contributed by atoms with Crippen molar-refractivity contribution in [1.29, 1.82) is 0 Å². The average molecular weight is 359 g/mol. The molecule has 1 aromatic heterocycles. The van der Waals surface area contributed by atoms with Gasteiger partial charge in [0.15, 0.2) is 5.43 Å². The van der Waals surface area contributed by atoms with Crippen molar-refractivity contribution in [2.45, 2.75) is 38.1 Å². The molecule has 0 aliphatic heterocycles. The number of pyridine rings is 1. The standard InChI is InChI=1S/C20H25NO5/c22-19-7-9-21(16-4-5-16)18-6-3-15(14-17(18)19)2-1-10-25-12-13-26-11-8-20(23)24/h3,6-7,9,14,16H,1-2,4-5,8,10-13H2,(H,23,24). The van der Waals surface area contributed by atoms with E-state index in [0.717, 1.165) is 29.3 Å². The van der Waals surface area contributed by atoms with Crippen LogP contribution in [0.3, 0.4) is 0 Å². The average Bonchev–Trinajstić information content (AvgIpc) is 3.45. The van der Waals surface area contributed by atoms with Crippen LogP contribution in [0, 0.1) is 0 Å². The Morgan fingerprint density at radius 3 is 2.62 bits per heavy atom.